The predicted molar refractivity (Wildman–Crippen MR) is 366 cm³/mol. The van der Waals surface area contributed by atoms with Gasteiger partial charge in [0.05, 0.1) is 25.4 Å². The first-order valence-corrected chi connectivity index (χ1v) is 38.1. The van der Waals surface area contributed by atoms with Crippen molar-refractivity contribution in [1.29, 1.82) is 0 Å². The van der Waals surface area contributed by atoms with Crippen molar-refractivity contribution in [3.05, 3.63) is 24.3 Å². The molecule has 1 amide bonds. The standard InChI is InChI=1S/C77H149NO5/c1-3-5-7-9-11-13-15-17-19-21-22-23-28-31-34-38-41-45-49-53-57-61-65-69-75(80)74(73-79)78-76(81)70-66-62-58-54-50-46-42-39-35-32-29-26-24-25-27-30-33-36-40-44-48-52-56-60-64-68-72-83-77(82)71-67-63-59-55-51-47-43-37-20-18-16-14-12-10-8-6-4-2/h18,20,24,26,74-75,79-80H,3-17,19,21-23,25,27-73H2,1-2H3,(H,78,81)/b20-18-,26-24-. The molecule has 0 aromatic heterocycles. The number of hydrogen-bond donors (Lipinski definition) is 3. The van der Waals surface area contributed by atoms with Crippen molar-refractivity contribution < 1.29 is 24.5 Å². The Morgan fingerprint density at radius 3 is 0.855 bits per heavy atom. The van der Waals surface area contributed by atoms with Crippen LogP contribution in [0.2, 0.25) is 0 Å². The van der Waals surface area contributed by atoms with E-state index in [1.807, 2.05) is 0 Å². The molecule has 0 aromatic rings. The van der Waals surface area contributed by atoms with Gasteiger partial charge in [-0.1, -0.05) is 366 Å². The lowest BCUT2D eigenvalue weighted by Crippen LogP contribution is -2.45. The topological polar surface area (TPSA) is 95.9 Å². The number of aliphatic hydroxyl groups excluding tert-OH is 2. The van der Waals surface area contributed by atoms with Gasteiger partial charge >= 0.3 is 5.97 Å². The van der Waals surface area contributed by atoms with E-state index in [9.17, 15) is 19.8 Å². The van der Waals surface area contributed by atoms with Crippen LogP contribution in [0, 0.1) is 0 Å². The molecule has 6 nitrogen and oxygen atoms in total. The van der Waals surface area contributed by atoms with Crippen molar-refractivity contribution in [2.24, 2.45) is 0 Å². The molecule has 492 valence electrons. The van der Waals surface area contributed by atoms with Crippen molar-refractivity contribution in [3.8, 4) is 0 Å². The zero-order valence-corrected chi connectivity index (χ0v) is 56.5. The van der Waals surface area contributed by atoms with Crippen molar-refractivity contribution in [3.63, 3.8) is 0 Å². The Morgan fingerprint density at radius 2 is 0.566 bits per heavy atom. The lowest BCUT2D eigenvalue weighted by Gasteiger charge is -2.22. The Bertz CT molecular complexity index is 1300. The molecule has 0 spiro atoms. The van der Waals surface area contributed by atoms with Gasteiger partial charge in [-0.15, -0.1) is 0 Å². The molecule has 0 bridgehead atoms. The van der Waals surface area contributed by atoms with Crippen LogP contribution in [0.5, 0.6) is 0 Å². The summed E-state index contributed by atoms with van der Waals surface area (Å²) >= 11 is 0. The molecule has 0 aliphatic rings. The molecule has 0 aliphatic heterocycles. The number of carbonyl (C=O) groups excluding carboxylic acids is 2. The van der Waals surface area contributed by atoms with Gasteiger partial charge in [0.2, 0.25) is 5.91 Å². The molecule has 0 fully saturated rings. The first kappa shape index (κ1) is 81.3. The monoisotopic (exact) mass is 1170 g/mol. The van der Waals surface area contributed by atoms with Crippen LogP contribution in [0.3, 0.4) is 0 Å². The van der Waals surface area contributed by atoms with Gasteiger partial charge in [-0.25, -0.2) is 0 Å². The maximum Gasteiger partial charge on any atom is 0.305 e. The third-order valence-electron chi connectivity index (χ3n) is 18.0. The Kier molecular flexibility index (Phi) is 71.4. The summed E-state index contributed by atoms with van der Waals surface area (Å²) in [7, 11) is 0. The van der Waals surface area contributed by atoms with Crippen LogP contribution in [0.4, 0.5) is 0 Å². The fraction of sp³-hybridized carbons (Fsp3) is 0.922. The summed E-state index contributed by atoms with van der Waals surface area (Å²) < 4.78 is 5.50. The second-order valence-electron chi connectivity index (χ2n) is 26.3. The molecular weight excluding hydrogens is 1020 g/mol. The van der Waals surface area contributed by atoms with Crippen LogP contribution in [-0.4, -0.2) is 47.4 Å². The van der Waals surface area contributed by atoms with Gasteiger partial charge in [-0.05, 0) is 77.0 Å². The molecule has 2 atom stereocenters. The Labute approximate surface area is 520 Å². The minimum Gasteiger partial charge on any atom is -0.466 e. The smallest absolute Gasteiger partial charge is 0.305 e. The average Bonchev–Trinajstić information content (AvgIpc) is 3.49. The highest BCUT2D eigenvalue weighted by molar-refractivity contribution is 5.76. The van der Waals surface area contributed by atoms with Gasteiger partial charge < -0.3 is 20.3 Å². The summed E-state index contributed by atoms with van der Waals surface area (Å²) in [5.41, 5.74) is 0. The molecule has 0 rings (SSSR count). The summed E-state index contributed by atoms with van der Waals surface area (Å²) in [6.07, 6.45) is 92.4. The van der Waals surface area contributed by atoms with E-state index in [1.54, 1.807) is 0 Å². The molecule has 0 aromatic carbocycles. The molecule has 0 radical (unpaired) electrons. The molecule has 83 heavy (non-hydrogen) atoms. The fourth-order valence-corrected chi connectivity index (χ4v) is 12.2. The second kappa shape index (κ2) is 72.8. The van der Waals surface area contributed by atoms with E-state index in [0.29, 0.717) is 25.9 Å². The molecule has 6 heteroatoms. The number of aliphatic hydroxyl groups is 2. The zero-order valence-electron chi connectivity index (χ0n) is 56.5. The molecule has 0 saturated heterocycles. The maximum absolute atomic E-state index is 12.6. The van der Waals surface area contributed by atoms with Gasteiger partial charge in [0.1, 0.15) is 0 Å². The molecule has 0 heterocycles. The van der Waals surface area contributed by atoms with E-state index in [0.717, 1.165) is 44.9 Å². The number of ether oxygens (including phenoxy) is 1. The van der Waals surface area contributed by atoms with Crippen molar-refractivity contribution in [2.75, 3.05) is 13.2 Å². The van der Waals surface area contributed by atoms with Gasteiger partial charge in [0, 0.05) is 12.8 Å². The largest absolute Gasteiger partial charge is 0.466 e. The minimum absolute atomic E-state index is 0.0121. The lowest BCUT2D eigenvalue weighted by molar-refractivity contribution is -0.143. The summed E-state index contributed by atoms with van der Waals surface area (Å²) in [4.78, 5) is 24.7. The summed E-state index contributed by atoms with van der Waals surface area (Å²) in [5.74, 6) is -0.0196. The summed E-state index contributed by atoms with van der Waals surface area (Å²) in [6.45, 7) is 4.99. The highest BCUT2D eigenvalue weighted by Crippen LogP contribution is 2.19. The van der Waals surface area contributed by atoms with E-state index in [4.69, 9.17) is 4.74 Å². The molecule has 3 N–H and O–H groups in total. The third kappa shape index (κ3) is 69.3. The van der Waals surface area contributed by atoms with E-state index in [2.05, 4.69) is 43.5 Å². The lowest BCUT2D eigenvalue weighted by atomic mass is 10.0. The molecule has 2 unspecified atom stereocenters. The van der Waals surface area contributed by atoms with Crippen molar-refractivity contribution in [1.82, 2.24) is 5.32 Å². The van der Waals surface area contributed by atoms with Crippen LogP contribution in [-0.2, 0) is 14.3 Å². The van der Waals surface area contributed by atoms with Crippen LogP contribution in [0.1, 0.15) is 431 Å². The Balaban J connectivity index is 3.38. The van der Waals surface area contributed by atoms with Crippen LogP contribution in [0.15, 0.2) is 24.3 Å². The van der Waals surface area contributed by atoms with E-state index in [-0.39, 0.29) is 18.5 Å². The van der Waals surface area contributed by atoms with Gasteiger partial charge in [-0.2, -0.15) is 0 Å². The fourth-order valence-electron chi connectivity index (χ4n) is 12.2. The van der Waals surface area contributed by atoms with Crippen LogP contribution in [0.25, 0.3) is 0 Å². The minimum atomic E-state index is -0.667. The number of nitrogens with one attached hydrogen (secondary N) is 1. The number of allylic oxidation sites excluding steroid dienone is 4. The quantitative estimate of drug-likeness (QED) is 0.0320. The third-order valence-corrected chi connectivity index (χ3v) is 18.0. The average molecular weight is 1170 g/mol. The number of esters is 1. The number of unbranched alkanes of at least 4 members (excludes halogenated alkanes) is 57. The maximum atomic E-state index is 12.6. The van der Waals surface area contributed by atoms with Crippen molar-refractivity contribution in [2.45, 2.75) is 443 Å². The van der Waals surface area contributed by atoms with Gasteiger partial charge in [0.25, 0.3) is 0 Å². The first-order chi connectivity index (χ1) is 41.0. The second-order valence-corrected chi connectivity index (χ2v) is 26.3. The van der Waals surface area contributed by atoms with Crippen LogP contribution < -0.4 is 5.32 Å². The van der Waals surface area contributed by atoms with E-state index < -0.39 is 12.1 Å². The van der Waals surface area contributed by atoms with Crippen molar-refractivity contribution >= 4 is 11.9 Å². The SMILES string of the molecule is CCCCCCCC/C=C\CCCCCCCCCC(=O)OCCCCCCCCCCCCCC/C=C\CCCCCCCCCCCCC(=O)NC(CO)C(O)CCCCCCCCCCCCCCCCCCCCCCCCC. The first-order valence-electron chi connectivity index (χ1n) is 38.1. The molecular formula is C77H149NO5. The normalized spacial score (nSPS) is 12.6. The zero-order chi connectivity index (χ0) is 59.9. The van der Waals surface area contributed by atoms with E-state index in [1.165, 1.54) is 353 Å². The highest BCUT2D eigenvalue weighted by Gasteiger charge is 2.20. The Morgan fingerprint density at radius 1 is 0.325 bits per heavy atom. The Hall–Kier alpha value is -1.66. The number of rotatable bonds is 72. The highest BCUT2D eigenvalue weighted by atomic mass is 16.5. The predicted octanol–water partition coefficient (Wildman–Crippen LogP) is 24.9. The van der Waals surface area contributed by atoms with Gasteiger partial charge in [-0.3, -0.25) is 9.59 Å². The number of amides is 1. The van der Waals surface area contributed by atoms with Crippen LogP contribution >= 0.6 is 0 Å². The molecule has 0 aliphatic carbocycles. The number of hydrogen-bond acceptors (Lipinski definition) is 5. The van der Waals surface area contributed by atoms with Gasteiger partial charge in [0.15, 0.2) is 0 Å². The molecule has 0 saturated carbocycles. The number of carbonyl (C=O) groups is 2. The summed E-state index contributed by atoms with van der Waals surface area (Å²) in [5, 5.41) is 23.5. The summed E-state index contributed by atoms with van der Waals surface area (Å²) in [6, 6.07) is -0.544. The van der Waals surface area contributed by atoms with E-state index >= 15 is 0 Å².